The highest BCUT2D eigenvalue weighted by Crippen LogP contribution is 2.18. The molecular weight excluding hydrogens is 335 g/mol. The van der Waals surface area contributed by atoms with Crippen LogP contribution in [0.25, 0.3) is 10.8 Å². The zero-order valence-electron chi connectivity index (χ0n) is 13.7. The van der Waals surface area contributed by atoms with Crippen molar-refractivity contribution in [2.45, 2.75) is 6.54 Å². The lowest BCUT2D eigenvalue weighted by Crippen LogP contribution is -2.37. The summed E-state index contributed by atoms with van der Waals surface area (Å²) in [5.74, 6) is -0.250. The van der Waals surface area contributed by atoms with Gasteiger partial charge < -0.3 is 16.0 Å². The molecule has 1 aromatic heterocycles. The van der Waals surface area contributed by atoms with Gasteiger partial charge in [-0.1, -0.05) is 18.2 Å². The maximum absolute atomic E-state index is 13.1. The van der Waals surface area contributed by atoms with Gasteiger partial charge in [0, 0.05) is 43.1 Å². The van der Waals surface area contributed by atoms with Crippen LogP contribution < -0.4 is 11.1 Å². The molecule has 128 valence electrons. The van der Waals surface area contributed by atoms with Crippen molar-refractivity contribution in [3.05, 3.63) is 72.3 Å². The number of fused-ring (bicyclic) bond motifs is 1. The molecule has 0 saturated heterocycles. The quantitative estimate of drug-likeness (QED) is 0.687. The standard InChI is InChI=1S/C19H19FN4S/c20-17-4-1-14(2-5-17)13-24(10-8-21)19(25)23-18-6-3-16-12-22-9-7-15(16)11-18/h1-7,9,11-12H,8,10,13,21H2,(H,23,25). The first-order chi connectivity index (χ1) is 12.2. The molecule has 2 aromatic carbocycles. The highest BCUT2D eigenvalue weighted by Gasteiger charge is 2.10. The number of aromatic nitrogens is 1. The van der Waals surface area contributed by atoms with Gasteiger partial charge in [-0.25, -0.2) is 4.39 Å². The predicted molar refractivity (Wildman–Crippen MR) is 104 cm³/mol. The van der Waals surface area contributed by atoms with E-state index in [4.69, 9.17) is 18.0 Å². The molecule has 0 amide bonds. The second-order valence-corrected chi connectivity index (χ2v) is 6.09. The normalized spacial score (nSPS) is 10.6. The Morgan fingerprint density at radius 3 is 2.68 bits per heavy atom. The van der Waals surface area contributed by atoms with Gasteiger partial charge >= 0.3 is 0 Å². The second-order valence-electron chi connectivity index (χ2n) is 5.70. The van der Waals surface area contributed by atoms with Crippen molar-refractivity contribution in [2.75, 3.05) is 18.4 Å². The van der Waals surface area contributed by atoms with Crippen LogP contribution in [0.3, 0.4) is 0 Å². The molecule has 0 aliphatic heterocycles. The molecule has 1 heterocycles. The predicted octanol–water partition coefficient (Wildman–Crippen LogP) is 3.53. The number of halogens is 1. The lowest BCUT2D eigenvalue weighted by molar-refractivity contribution is 0.428. The van der Waals surface area contributed by atoms with Crippen LogP contribution in [0.5, 0.6) is 0 Å². The third kappa shape index (κ3) is 4.49. The van der Waals surface area contributed by atoms with Crippen molar-refractivity contribution < 1.29 is 4.39 Å². The van der Waals surface area contributed by atoms with Crippen molar-refractivity contribution in [2.24, 2.45) is 5.73 Å². The summed E-state index contributed by atoms with van der Waals surface area (Å²) in [5, 5.41) is 6.01. The summed E-state index contributed by atoms with van der Waals surface area (Å²) >= 11 is 5.54. The maximum Gasteiger partial charge on any atom is 0.173 e. The minimum absolute atomic E-state index is 0.250. The van der Waals surface area contributed by atoms with E-state index in [1.54, 1.807) is 18.3 Å². The number of nitrogens with two attached hydrogens (primary N) is 1. The van der Waals surface area contributed by atoms with Crippen molar-refractivity contribution in [1.29, 1.82) is 0 Å². The monoisotopic (exact) mass is 354 g/mol. The van der Waals surface area contributed by atoms with E-state index < -0.39 is 0 Å². The molecule has 0 aliphatic rings. The molecule has 0 bridgehead atoms. The van der Waals surface area contributed by atoms with E-state index in [2.05, 4.69) is 10.3 Å². The third-order valence-electron chi connectivity index (χ3n) is 3.86. The van der Waals surface area contributed by atoms with E-state index >= 15 is 0 Å². The lowest BCUT2D eigenvalue weighted by Gasteiger charge is -2.25. The minimum atomic E-state index is -0.250. The second kappa shape index (κ2) is 8.00. The number of hydrogen-bond acceptors (Lipinski definition) is 3. The summed E-state index contributed by atoms with van der Waals surface area (Å²) in [6, 6.07) is 14.4. The smallest absolute Gasteiger partial charge is 0.173 e. The number of nitrogens with zero attached hydrogens (tertiary/aromatic N) is 2. The molecular formula is C19H19FN4S. The molecule has 0 atom stereocenters. The van der Waals surface area contributed by atoms with Gasteiger partial charge in [-0.15, -0.1) is 0 Å². The van der Waals surface area contributed by atoms with Gasteiger partial charge in [0.2, 0.25) is 0 Å². The van der Waals surface area contributed by atoms with Gasteiger partial charge in [-0.3, -0.25) is 4.98 Å². The molecule has 0 saturated carbocycles. The van der Waals surface area contributed by atoms with Crippen LogP contribution in [-0.2, 0) is 6.54 Å². The van der Waals surface area contributed by atoms with E-state index in [0.717, 1.165) is 22.0 Å². The fourth-order valence-electron chi connectivity index (χ4n) is 2.58. The molecule has 3 aromatic rings. The zero-order valence-corrected chi connectivity index (χ0v) is 14.5. The number of thiocarbonyl (C=S) groups is 1. The van der Waals surface area contributed by atoms with Gasteiger partial charge in [0.1, 0.15) is 5.82 Å². The number of pyridine rings is 1. The highest BCUT2D eigenvalue weighted by atomic mass is 32.1. The summed E-state index contributed by atoms with van der Waals surface area (Å²) in [7, 11) is 0. The first-order valence-corrected chi connectivity index (χ1v) is 8.41. The van der Waals surface area contributed by atoms with Crippen LogP contribution in [-0.4, -0.2) is 28.1 Å². The summed E-state index contributed by atoms with van der Waals surface area (Å²) in [6.45, 7) is 1.66. The Morgan fingerprint density at radius 2 is 1.92 bits per heavy atom. The fraction of sp³-hybridized carbons (Fsp3) is 0.158. The SMILES string of the molecule is NCCN(Cc1ccc(F)cc1)C(=S)Nc1ccc2cnccc2c1. The molecule has 3 rings (SSSR count). The Hall–Kier alpha value is -2.57. The number of hydrogen-bond donors (Lipinski definition) is 2. The molecule has 0 aliphatic carbocycles. The molecule has 4 nitrogen and oxygen atoms in total. The van der Waals surface area contributed by atoms with E-state index in [-0.39, 0.29) is 5.82 Å². The van der Waals surface area contributed by atoms with Gasteiger partial charge in [0.25, 0.3) is 0 Å². The first kappa shape index (κ1) is 17.3. The van der Waals surface area contributed by atoms with E-state index in [1.807, 2.05) is 35.4 Å². The van der Waals surface area contributed by atoms with Crippen molar-refractivity contribution in [3.63, 3.8) is 0 Å². The first-order valence-electron chi connectivity index (χ1n) is 8.00. The van der Waals surface area contributed by atoms with Crippen molar-refractivity contribution in [3.8, 4) is 0 Å². The Kier molecular flexibility index (Phi) is 5.53. The Bertz CT molecular complexity index is 867. The lowest BCUT2D eigenvalue weighted by atomic mass is 10.1. The van der Waals surface area contributed by atoms with Gasteiger partial charge in [0.05, 0.1) is 0 Å². The van der Waals surface area contributed by atoms with Crippen molar-refractivity contribution in [1.82, 2.24) is 9.88 Å². The topological polar surface area (TPSA) is 54.2 Å². The number of nitrogens with one attached hydrogen (secondary N) is 1. The van der Waals surface area contributed by atoms with Gasteiger partial charge in [-0.05, 0) is 53.5 Å². The highest BCUT2D eigenvalue weighted by molar-refractivity contribution is 7.80. The molecule has 0 unspecified atom stereocenters. The van der Waals surface area contributed by atoms with Gasteiger partial charge in [0.15, 0.2) is 5.11 Å². The van der Waals surface area contributed by atoms with E-state index in [9.17, 15) is 4.39 Å². The van der Waals surface area contributed by atoms with E-state index in [1.165, 1.54) is 12.1 Å². The Labute approximate surface area is 151 Å². The summed E-state index contributed by atoms with van der Waals surface area (Å²) in [6.07, 6.45) is 3.59. The molecule has 3 N–H and O–H groups in total. The number of anilines is 1. The van der Waals surface area contributed by atoms with Crippen LogP contribution in [0.2, 0.25) is 0 Å². The maximum atomic E-state index is 13.1. The molecule has 0 radical (unpaired) electrons. The minimum Gasteiger partial charge on any atom is -0.343 e. The molecule has 0 fully saturated rings. The van der Waals surface area contributed by atoms with E-state index in [0.29, 0.717) is 24.7 Å². The molecule has 6 heteroatoms. The fourth-order valence-corrected chi connectivity index (χ4v) is 2.86. The number of rotatable bonds is 5. The Morgan fingerprint density at radius 1 is 1.12 bits per heavy atom. The zero-order chi connectivity index (χ0) is 17.6. The molecule has 0 spiro atoms. The van der Waals surface area contributed by atoms with Crippen LogP contribution >= 0.6 is 12.2 Å². The average molecular weight is 354 g/mol. The average Bonchev–Trinajstić information content (AvgIpc) is 2.63. The number of benzene rings is 2. The van der Waals surface area contributed by atoms with Crippen LogP contribution in [0.15, 0.2) is 60.9 Å². The largest absolute Gasteiger partial charge is 0.343 e. The van der Waals surface area contributed by atoms with Crippen molar-refractivity contribution >= 4 is 33.8 Å². The summed E-state index contributed by atoms with van der Waals surface area (Å²) < 4.78 is 13.1. The summed E-state index contributed by atoms with van der Waals surface area (Å²) in [4.78, 5) is 6.09. The van der Waals surface area contributed by atoms with Crippen LogP contribution in [0.4, 0.5) is 10.1 Å². The van der Waals surface area contributed by atoms with Crippen LogP contribution in [0.1, 0.15) is 5.56 Å². The Balaban J connectivity index is 1.73. The van der Waals surface area contributed by atoms with Crippen LogP contribution in [0, 0.1) is 5.82 Å². The van der Waals surface area contributed by atoms with Gasteiger partial charge in [-0.2, -0.15) is 0 Å². The third-order valence-corrected chi connectivity index (χ3v) is 4.23. The summed E-state index contributed by atoms with van der Waals surface area (Å²) in [5.41, 5.74) is 7.60. The molecule has 25 heavy (non-hydrogen) atoms.